The molecule has 0 rings (SSSR count). The lowest BCUT2D eigenvalue weighted by molar-refractivity contribution is -0.152. The van der Waals surface area contributed by atoms with Gasteiger partial charge in [-0.05, 0) is 40.5 Å². The SMILES string of the molecule is CCCC(C)C(=O)OC(C)C.CCCCCC(=O)OC(C)C. The fraction of sp³-hybridized carbons (Fsp3) is 0.889. The van der Waals surface area contributed by atoms with Crippen molar-refractivity contribution >= 4 is 11.9 Å². The van der Waals surface area contributed by atoms with Gasteiger partial charge in [0.2, 0.25) is 0 Å². The molecule has 0 heterocycles. The quantitative estimate of drug-likeness (QED) is 0.449. The maximum Gasteiger partial charge on any atom is 0.308 e. The van der Waals surface area contributed by atoms with E-state index >= 15 is 0 Å². The number of hydrogen-bond donors (Lipinski definition) is 0. The highest BCUT2D eigenvalue weighted by atomic mass is 16.5. The second kappa shape index (κ2) is 14.9. The Morgan fingerprint density at radius 2 is 1.36 bits per heavy atom. The third kappa shape index (κ3) is 17.0. The molecule has 1 unspecified atom stereocenters. The lowest BCUT2D eigenvalue weighted by Crippen LogP contribution is -2.18. The summed E-state index contributed by atoms with van der Waals surface area (Å²) < 4.78 is 9.98. The fourth-order valence-electron chi connectivity index (χ4n) is 1.74. The topological polar surface area (TPSA) is 52.6 Å². The van der Waals surface area contributed by atoms with E-state index in [0.29, 0.717) is 6.42 Å². The molecule has 0 aliphatic carbocycles. The lowest BCUT2D eigenvalue weighted by atomic mass is 10.1. The Kier molecular flexibility index (Phi) is 15.7. The van der Waals surface area contributed by atoms with Gasteiger partial charge in [-0.15, -0.1) is 0 Å². The van der Waals surface area contributed by atoms with Crippen LogP contribution in [-0.4, -0.2) is 24.1 Å². The zero-order valence-corrected chi connectivity index (χ0v) is 15.6. The number of hydrogen-bond acceptors (Lipinski definition) is 4. The zero-order chi connectivity index (χ0) is 17.5. The largest absolute Gasteiger partial charge is 0.463 e. The van der Waals surface area contributed by atoms with Crippen LogP contribution in [-0.2, 0) is 19.1 Å². The summed E-state index contributed by atoms with van der Waals surface area (Å²) in [6.07, 6.45) is 5.81. The lowest BCUT2D eigenvalue weighted by Gasteiger charge is -2.12. The third-order valence-corrected chi connectivity index (χ3v) is 2.83. The molecule has 0 aliphatic heterocycles. The second-order valence-electron chi connectivity index (χ2n) is 6.17. The Morgan fingerprint density at radius 3 is 1.77 bits per heavy atom. The summed E-state index contributed by atoms with van der Waals surface area (Å²) in [5, 5.41) is 0. The summed E-state index contributed by atoms with van der Waals surface area (Å²) in [5.74, 6) is -0.0716. The molecule has 0 aliphatic rings. The maximum atomic E-state index is 11.1. The van der Waals surface area contributed by atoms with Crippen molar-refractivity contribution in [1.82, 2.24) is 0 Å². The van der Waals surface area contributed by atoms with Crippen LogP contribution < -0.4 is 0 Å². The molecule has 0 radical (unpaired) electrons. The minimum absolute atomic E-state index is 0.0156. The van der Waals surface area contributed by atoms with Gasteiger partial charge < -0.3 is 9.47 Å². The van der Waals surface area contributed by atoms with Crippen molar-refractivity contribution < 1.29 is 19.1 Å². The first-order valence-electron chi connectivity index (χ1n) is 8.64. The standard InChI is InChI=1S/2C9H18O2/c1-5-6-8(4)9(10)11-7(2)3;1-4-5-6-7-9(10)11-8(2)3/h7-8H,5-6H2,1-4H3;8H,4-7H2,1-3H3. The smallest absolute Gasteiger partial charge is 0.308 e. The number of rotatable bonds is 9. The molecule has 0 spiro atoms. The Morgan fingerprint density at radius 1 is 0.818 bits per heavy atom. The number of carbonyl (C=O) groups excluding carboxylic acids is 2. The highest BCUT2D eigenvalue weighted by Crippen LogP contribution is 2.08. The monoisotopic (exact) mass is 316 g/mol. The van der Waals surface area contributed by atoms with Gasteiger partial charge in [0.1, 0.15) is 0 Å². The van der Waals surface area contributed by atoms with Gasteiger partial charge in [0.05, 0.1) is 18.1 Å². The van der Waals surface area contributed by atoms with Crippen LogP contribution in [0, 0.1) is 5.92 Å². The van der Waals surface area contributed by atoms with Crippen LogP contribution in [0.4, 0.5) is 0 Å². The molecule has 0 aromatic rings. The van der Waals surface area contributed by atoms with Gasteiger partial charge in [-0.3, -0.25) is 9.59 Å². The Labute approximate surface area is 136 Å². The molecule has 0 fully saturated rings. The van der Waals surface area contributed by atoms with Gasteiger partial charge in [0.15, 0.2) is 0 Å². The van der Waals surface area contributed by atoms with Gasteiger partial charge in [0.25, 0.3) is 0 Å². The van der Waals surface area contributed by atoms with Crippen LogP contribution in [0.5, 0.6) is 0 Å². The van der Waals surface area contributed by atoms with Crippen molar-refractivity contribution in [1.29, 1.82) is 0 Å². The molecule has 0 amide bonds. The van der Waals surface area contributed by atoms with Crippen LogP contribution in [0.25, 0.3) is 0 Å². The average Bonchev–Trinajstić information content (AvgIpc) is 2.38. The second-order valence-corrected chi connectivity index (χ2v) is 6.17. The summed E-state index contributed by atoms with van der Waals surface area (Å²) in [7, 11) is 0. The highest BCUT2D eigenvalue weighted by Gasteiger charge is 2.13. The molecule has 4 nitrogen and oxygen atoms in total. The molecule has 0 bridgehead atoms. The summed E-state index contributed by atoms with van der Waals surface area (Å²) in [5.41, 5.74) is 0. The van der Waals surface area contributed by atoms with Gasteiger partial charge in [-0.1, -0.05) is 40.0 Å². The van der Waals surface area contributed by atoms with E-state index in [1.807, 2.05) is 34.6 Å². The fourth-order valence-corrected chi connectivity index (χ4v) is 1.74. The molecule has 1 atom stereocenters. The molecule has 0 aromatic heterocycles. The zero-order valence-electron chi connectivity index (χ0n) is 15.6. The minimum Gasteiger partial charge on any atom is -0.463 e. The number of ether oxygens (including phenoxy) is 2. The number of unbranched alkanes of at least 4 members (excludes halogenated alkanes) is 2. The predicted molar refractivity (Wildman–Crippen MR) is 90.7 cm³/mol. The first-order chi connectivity index (χ1) is 10.2. The van der Waals surface area contributed by atoms with Crippen LogP contribution in [0.1, 0.15) is 87.0 Å². The molecule has 0 aromatic carbocycles. The van der Waals surface area contributed by atoms with Crippen molar-refractivity contribution in [2.45, 2.75) is 99.2 Å². The maximum absolute atomic E-state index is 11.1. The molecular formula is C18H36O4. The van der Waals surface area contributed by atoms with Gasteiger partial charge in [-0.2, -0.15) is 0 Å². The first-order valence-corrected chi connectivity index (χ1v) is 8.64. The van der Waals surface area contributed by atoms with Gasteiger partial charge in [-0.25, -0.2) is 0 Å². The van der Waals surface area contributed by atoms with Crippen molar-refractivity contribution in [2.24, 2.45) is 5.92 Å². The van der Waals surface area contributed by atoms with E-state index in [4.69, 9.17) is 9.47 Å². The third-order valence-electron chi connectivity index (χ3n) is 2.83. The van der Waals surface area contributed by atoms with Gasteiger partial charge >= 0.3 is 11.9 Å². The van der Waals surface area contributed by atoms with Crippen molar-refractivity contribution in [3.8, 4) is 0 Å². The Hall–Kier alpha value is -1.06. The van der Waals surface area contributed by atoms with E-state index in [2.05, 4.69) is 13.8 Å². The van der Waals surface area contributed by atoms with E-state index in [9.17, 15) is 9.59 Å². The molecule has 0 saturated heterocycles. The van der Waals surface area contributed by atoms with E-state index < -0.39 is 0 Å². The molecule has 0 saturated carbocycles. The molecule has 132 valence electrons. The highest BCUT2D eigenvalue weighted by molar-refractivity contribution is 5.72. The Balaban J connectivity index is 0. The summed E-state index contributed by atoms with van der Waals surface area (Å²) in [6, 6.07) is 0. The van der Waals surface area contributed by atoms with E-state index in [1.165, 1.54) is 0 Å². The number of esters is 2. The van der Waals surface area contributed by atoms with Crippen LogP contribution in [0.2, 0.25) is 0 Å². The van der Waals surface area contributed by atoms with Crippen LogP contribution in [0.15, 0.2) is 0 Å². The first kappa shape index (κ1) is 23.2. The summed E-state index contributed by atoms with van der Waals surface area (Å²) in [6.45, 7) is 13.6. The minimum atomic E-state index is -0.0677. The molecule has 22 heavy (non-hydrogen) atoms. The van der Waals surface area contributed by atoms with Crippen LogP contribution in [0.3, 0.4) is 0 Å². The van der Waals surface area contributed by atoms with Crippen molar-refractivity contribution in [2.75, 3.05) is 0 Å². The van der Waals surface area contributed by atoms with Crippen molar-refractivity contribution in [3.63, 3.8) is 0 Å². The van der Waals surface area contributed by atoms with Gasteiger partial charge in [0, 0.05) is 6.42 Å². The van der Waals surface area contributed by atoms with E-state index in [-0.39, 0.29) is 30.1 Å². The number of carbonyl (C=O) groups is 2. The summed E-state index contributed by atoms with van der Waals surface area (Å²) in [4.78, 5) is 22.0. The summed E-state index contributed by atoms with van der Waals surface area (Å²) >= 11 is 0. The van der Waals surface area contributed by atoms with Crippen molar-refractivity contribution in [3.05, 3.63) is 0 Å². The average molecular weight is 316 g/mol. The predicted octanol–water partition coefficient (Wildman–Crippen LogP) is 4.89. The molecular weight excluding hydrogens is 280 g/mol. The van der Waals surface area contributed by atoms with E-state index in [0.717, 1.165) is 32.1 Å². The molecule has 0 N–H and O–H groups in total. The van der Waals surface area contributed by atoms with Crippen LogP contribution >= 0.6 is 0 Å². The van der Waals surface area contributed by atoms with E-state index in [1.54, 1.807) is 0 Å². The molecule has 4 heteroatoms. The normalized spacial score (nSPS) is 11.7. The Bertz CT molecular complexity index is 285.